The van der Waals surface area contributed by atoms with Crippen LogP contribution in [-0.2, 0) is 22.6 Å². The second kappa shape index (κ2) is 10.1. The average Bonchev–Trinajstić information content (AvgIpc) is 2.63. The number of benzene rings is 2. The smallest absolute Gasteiger partial charge is 0.243 e. The molecule has 0 unspecified atom stereocenters. The molecule has 0 aliphatic rings. The van der Waals surface area contributed by atoms with Crippen LogP contribution in [0.5, 0.6) is 0 Å². The molecule has 2 amide bonds. The second-order valence-electron chi connectivity index (χ2n) is 7.70. The number of rotatable bonds is 8. The summed E-state index contributed by atoms with van der Waals surface area (Å²) in [5.74, 6) is -0.121. The Labute approximate surface area is 169 Å². The molecule has 4 nitrogen and oxygen atoms in total. The molecule has 2 aromatic rings. The third-order valence-corrected chi connectivity index (χ3v) is 4.86. The van der Waals surface area contributed by atoms with Crippen molar-refractivity contribution in [2.75, 3.05) is 0 Å². The van der Waals surface area contributed by atoms with Gasteiger partial charge in [0.1, 0.15) is 6.04 Å². The van der Waals surface area contributed by atoms with Crippen molar-refractivity contribution in [2.24, 2.45) is 0 Å². The van der Waals surface area contributed by atoms with Crippen LogP contribution in [0.4, 0.5) is 0 Å². The zero-order valence-electron chi connectivity index (χ0n) is 17.7. The summed E-state index contributed by atoms with van der Waals surface area (Å²) in [4.78, 5) is 27.8. The van der Waals surface area contributed by atoms with Crippen molar-refractivity contribution in [2.45, 2.75) is 66.1 Å². The summed E-state index contributed by atoms with van der Waals surface area (Å²) < 4.78 is 0. The third kappa shape index (κ3) is 5.95. The van der Waals surface area contributed by atoms with E-state index >= 15 is 0 Å². The fourth-order valence-corrected chi connectivity index (χ4v) is 3.38. The van der Waals surface area contributed by atoms with Gasteiger partial charge in [-0.1, -0.05) is 61.0 Å². The highest BCUT2D eigenvalue weighted by atomic mass is 16.2. The van der Waals surface area contributed by atoms with Gasteiger partial charge in [0.15, 0.2) is 0 Å². The third-order valence-electron chi connectivity index (χ3n) is 4.86. The van der Waals surface area contributed by atoms with Gasteiger partial charge in [-0.15, -0.1) is 0 Å². The molecule has 28 heavy (non-hydrogen) atoms. The summed E-state index contributed by atoms with van der Waals surface area (Å²) in [6, 6.07) is 15.6. The lowest BCUT2D eigenvalue weighted by Gasteiger charge is -2.31. The molecule has 0 heterocycles. The van der Waals surface area contributed by atoms with E-state index in [-0.39, 0.29) is 17.9 Å². The maximum atomic E-state index is 13.3. The van der Waals surface area contributed by atoms with E-state index in [1.807, 2.05) is 77.1 Å². The predicted octanol–water partition coefficient (Wildman–Crippen LogP) is 4.18. The molecule has 0 bridgehead atoms. The highest BCUT2D eigenvalue weighted by molar-refractivity contribution is 5.88. The zero-order valence-corrected chi connectivity index (χ0v) is 17.7. The van der Waals surface area contributed by atoms with Crippen molar-refractivity contribution in [1.29, 1.82) is 0 Å². The molecule has 0 fully saturated rings. The first-order chi connectivity index (χ1) is 13.3. The van der Waals surface area contributed by atoms with Crippen molar-refractivity contribution in [3.63, 3.8) is 0 Å². The van der Waals surface area contributed by atoms with E-state index in [9.17, 15) is 9.59 Å². The highest BCUT2D eigenvalue weighted by Gasteiger charge is 2.29. The fraction of sp³-hybridized carbons (Fsp3) is 0.417. The lowest BCUT2D eigenvalue weighted by atomic mass is 10.0. The van der Waals surface area contributed by atoms with Gasteiger partial charge in [0.2, 0.25) is 11.8 Å². The Hall–Kier alpha value is -2.62. The van der Waals surface area contributed by atoms with Gasteiger partial charge >= 0.3 is 0 Å². The summed E-state index contributed by atoms with van der Waals surface area (Å²) in [6.07, 6.45) is 0.869. The van der Waals surface area contributed by atoms with Gasteiger partial charge in [-0.25, -0.2) is 0 Å². The molecule has 0 spiro atoms. The molecule has 2 aromatic carbocycles. The number of carbonyl (C=O) groups is 2. The van der Waals surface area contributed by atoms with Crippen molar-refractivity contribution in [3.8, 4) is 0 Å². The first-order valence-electron chi connectivity index (χ1n) is 10.0. The molecule has 1 N–H and O–H groups in total. The number of amides is 2. The summed E-state index contributed by atoms with van der Waals surface area (Å²) in [5.41, 5.74) is 4.27. The van der Waals surface area contributed by atoms with Crippen LogP contribution in [0.25, 0.3) is 0 Å². The first-order valence-corrected chi connectivity index (χ1v) is 10.0. The lowest BCUT2D eigenvalue weighted by molar-refractivity contribution is -0.141. The summed E-state index contributed by atoms with van der Waals surface area (Å²) in [7, 11) is 0. The minimum absolute atomic E-state index is 0.0263. The fourth-order valence-electron chi connectivity index (χ4n) is 3.38. The van der Waals surface area contributed by atoms with E-state index in [1.54, 1.807) is 4.90 Å². The molecule has 2 rings (SSSR count). The zero-order chi connectivity index (χ0) is 20.7. The molecule has 0 saturated heterocycles. The maximum Gasteiger partial charge on any atom is 0.243 e. The molecule has 0 aliphatic carbocycles. The van der Waals surface area contributed by atoms with E-state index in [0.717, 1.165) is 22.3 Å². The maximum absolute atomic E-state index is 13.3. The van der Waals surface area contributed by atoms with Crippen LogP contribution in [0, 0.1) is 13.8 Å². The normalized spacial score (nSPS) is 11.9. The van der Waals surface area contributed by atoms with Gasteiger partial charge in [0, 0.05) is 12.6 Å². The van der Waals surface area contributed by atoms with E-state index in [4.69, 9.17) is 0 Å². The second-order valence-corrected chi connectivity index (χ2v) is 7.70. The van der Waals surface area contributed by atoms with E-state index in [0.29, 0.717) is 19.4 Å². The Morgan fingerprint density at radius 3 is 2.36 bits per heavy atom. The van der Waals surface area contributed by atoms with Crippen LogP contribution >= 0.6 is 0 Å². The number of nitrogens with one attached hydrogen (secondary N) is 1. The predicted molar refractivity (Wildman–Crippen MR) is 114 cm³/mol. The van der Waals surface area contributed by atoms with E-state index in [1.165, 1.54) is 0 Å². The number of aryl methyl sites for hydroxylation is 2. The van der Waals surface area contributed by atoms with Crippen molar-refractivity contribution < 1.29 is 9.59 Å². The van der Waals surface area contributed by atoms with Gasteiger partial charge < -0.3 is 10.2 Å². The van der Waals surface area contributed by atoms with Crippen molar-refractivity contribution in [1.82, 2.24) is 10.2 Å². The Morgan fingerprint density at radius 1 is 1.04 bits per heavy atom. The van der Waals surface area contributed by atoms with Gasteiger partial charge in [0.05, 0.1) is 6.42 Å². The number of hydrogen-bond donors (Lipinski definition) is 1. The molecular weight excluding hydrogens is 348 g/mol. The topological polar surface area (TPSA) is 49.4 Å². The molecule has 4 heteroatoms. The van der Waals surface area contributed by atoms with Crippen molar-refractivity contribution >= 4 is 11.8 Å². The van der Waals surface area contributed by atoms with Crippen LogP contribution in [0.15, 0.2) is 48.5 Å². The largest absolute Gasteiger partial charge is 0.352 e. The van der Waals surface area contributed by atoms with Gasteiger partial charge in [0.25, 0.3) is 0 Å². The molecule has 0 aromatic heterocycles. The number of hydrogen-bond acceptors (Lipinski definition) is 2. The molecule has 0 saturated carbocycles. The quantitative estimate of drug-likeness (QED) is 0.747. The monoisotopic (exact) mass is 380 g/mol. The summed E-state index contributed by atoms with van der Waals surface area (Å²) >= 11 is 0. The lowest BCUT2D eigenvalue weighted by Crippen LogP contribution is -2.50. The Balaban J connectivity index is 2.32. The Morgan fingerprint density at radius 2 is 1.75 bits per heavy atom. The standard InChI is InChI=1S/C24H32N2O2/c1-6-22(24(28)25-17(2)3)26(16-20-12-9-10-18(4)14-20)23(27)15-21-13-8-7-11-19(21)5/h7-14,17,22H,6,15-16H2,1-5H3,(H,25,28)/t22-/m0/s1. The number of carbonyl (C=O) groups excluding carboxylic acids is 2. The molecule has 1 atom stereocenters. The summed E-state index contributed by atoms with van der Waals surface area (Å²) in [6.45, 7) is 10.3. The van der Waals surface area contributed by atoms with E-state index in [2.05, 4.69) is 11.4 Å². The SMILES string of the molecule is CC[C@@H](C(=O)NC(C)C)N(Cc1cccc(C)c1)C(=O)Cc1ccccc1C. The first kappa shape index (κ1) is 21.7. The van der Waals surface area contributed by atoms with Crippen LogP contribution in [-0.4, -0.2) is 28.8 Å². The molecular formula is C24H32N2O2. The van der Waals surface area contributed by atoms with Gasteiger partial charge in [-0.3, -0.25) is 9.59 Å². The van der Waals surface area contributed by atoms with Crippen LogP contribution in [0.2, 0.25) is 0 Å². The average molecular weight is 381 g/mol. The van der Waals surface area contributed by atoms with Crippen LogP contribution in [0.3, 0.4) is 0 Å². The number of nitrogens with zero attached hydrogens (tertiary/aromatic N) is 1. The van der Waals surface area contributed by atoms with Crippen LogP contribution < -0.4 is 5.32 Å². The highest BCUT2D eigenvalue weighted by Crippen LogP contribution is 2.17. The van der Waals surface area contributed by atoms with Crippen molar-refractivity contribution in [3.05, 3.63) is 70.8 Å². The minimum Gasteiger partial charge on any atom is -0.352 e. The summed E-state index contributed by atoms with van der Waals surface area (Å²) in [5, 5.41) is 2.97. The Bertz CT molecular complexity index is 814. The van der Waals surface area contributed by atoms with Crippen LogP contribution in [0.1, 0.15) is 49.4 Å². The molecule has 150 valence electrons. The molecule has 0 aliphatic heterocycles. The van der Waals surface area contributed by atoms with E-state index < -0.39 is 6.04 Å². The van der Waals surface area contributed by atoms with Gasteiger partial charge in [-0.2, -0.15) is 0 Å². The molecule has 0 radical (unpaired) electrons. The Kier molecular flexibility index (Phi) is 7.80. The van der Waals surface area contributed by atoms with Gasteiger partial charge in [-0.05, 0) is 50.8 Å². The minimum atomic E-state index is -0.487.